The number of hydrogen-bond acceptors (Lipinski definition) is 6. The van der Waals surface area contributed by atoms with Crippen molar-refractivity contribution in [2.24, 2.45) is 0 Å². The molecule has 3 heterocycles. The molecule has 1 aliphatic rings. The van der Waals surface area contributed by atoms with Crippen LogP contribution >= 0.6 is 15.9 Å². The third kappa shape index (κ3) is 5.94. The second-order valence-corrected chi connectivity index (χ2v) is 14.3. The van der Waals surface area contributed by atoms with Gasteiger partial charge < -0.3 is 14.5 Å². The molecule has 2 aromatic heterocycles. The molecule has 5 rings (SSSR count). The number of aromatic nitrogens is 2. The number of ether oxygens (including phenoxy) is 1. The first-order valence-corrected chi connectivity index (χ1v) is 15.8. The average Bonchev–Trinajstić information content (AvgIpc) is 3.57. The number of likely N-dealkylation sites (N-methyl/N-ethyl adjacent to an activating group) is 1. The molecular weight excluding hydrogens is 620 g/mol. The maximum Gasteiger partial charge on any atom is 0.410 e. The van der Waals surface area contributed by atoms with E-state index in [1.807, 2.05) is 45.9 Å². The fraction of sp³-hybridized carbons (Fsp3) is 0.323. The van der Waals surface area contributed by atoms with Gasteiger partial charge in [-0.1, -0.05) is 29.8 Å². The first-order valence-electron chi connectivity index (χ1n) is 13.6. The highest BCUT2D eigenvalue weighted by Gasteiger charge is 2.33. The molecule has 0 saturated carbocycles. The van der Waals surface area contributed by atoms with Crippen LogP contribution in [0.3, 0.4) is 0 Å². The molecule has 1 fully saturated rings. The minimum Gasteiger partial charge on any atom is -0.444 e. The van der Waals surface area contributed by atoms with Crippen LogP contribution in [-0.4, -0.2) is 71.0 Å². The van der Waals surface area contributed by atoms with E-state index in [4.69, 9.17) is 4.74 Å². The first-order chi connectivity index (χ1) is 19.7. The van der Waals surface area contributed by atoms with Gasteiger partial charge in [0.05, 0.1) is 10.9 Å². The molecule has 1 atom stereocenters. The van der Waals surface area contributed by atoms with Crippen LogP contribution in [0.2, 0.25) is 0 Å². The van der Waals surface area contributed by atoms with Gasteiger partial charge in [-0.25, -0.2) is 22.2 Å². The third-order valence-corrected chi connectivity index (χ3v) is 9.38. The number of fused-ring (bicyclic) bond motifs is 1. The van der Waals surface area contributed by atoms with E-state index in [-0.39, 0.29) is 16.8 Å². The van der Waals surface area contributed by atoms with Gasteiger partial charge in [0.15, 0.2) is 5.65 Å². The molecule has 0 aliphatic carbocycles. The van der Waals surface area contributed by atoms with Gasteiger partial charge >= 0.3 is 6.09 Å². The summed E-state index contributed by atoms with van der Waals surface area (Å²) in [5.74, 6) is -0.129. The highest BCUT2D eigenvalue weighted by Crippen LogP contribution is 2.34. The maximum atomic E-state index is 13.6. The lowest BCUT2D eigenvalue weighted by Gasteiger charge is -2.28. The summed E-state index contributed by atoms with van der Waals surface area (Å²) < 4.78 is 34.6. The van der Waals surface area contributed by atoms with Crippen LogP contribution in [0.1, 0.15) is 43.1 Å². The molecule has 42 heavy (non-hydrogen) atoms. The maximum absolute atomic E-state index is 13.6. The zero-order valence-electron chi connectivity index (χ0n) is 24.2. The topological polar surface area (TPSA) is 102 Å². The molecular formula is C31H33BrN4O5S. The second-order valence-electron chi connectivity index (χ2n) is 11.5. The SMILES string of the molecule is Cc1ccc(S(=O)(=O)n2cc(-c3ccc(C(=O)N4CC[C@@H](N(C)C(=O)OC(C)(C)C)C4)cc3)c3cc(Br)cnc32)cc1. The Hall–Kier alpha value is -3.70. The fourth-order valence-corrected chi connectivity index (χ4v) is 6.65. The van der Waals surface area contributed by atoms with E-state index in [0.717, 1.165) is 11.1 Å². The predicted molar refractivity (Wildman–Crippen MR) is 165 cm³/mol. The van der Waals surface area contributed by atoms with Crippen LogP contribution in [0.5, 0.6) is 0 Å². The van der Waals surface area contributed by atoms with E-state index < -0.39 is 21.7 Å². The minimum absolute atomic E-state index is 0.129. The van der Waals surface area contributed by atoms with Gasteiger partial charge in [-0.2, -0.15) is 0 Å². The summed E-state index contributed by atoms with van der Waals surface area (Å²) in [5.41, 5.74) is 2.61. The molecule has 220 valence electrons. The van der Waals surface area contributed by atoms with E-state index in [1.165, 1.54) is 3.97 Å². The molecule has 9 nitrogen and oxygen atoms in total. The number of nitrogens with zero attached hydrogens (tertiary/aromatic N) is 4. The van der Waals surface area contributed by atoms with Crippen molar-refractivity contribution >= 4 is 49.0 Å². The van der Waals surface area contributed by atoms with Crippen LogP contribution in [0, 0.1) is 6.92 Å². The van der Waals surface area contributed by atoms with E-state index in [9.17, 15) is 18.0 Å². The van der Waals surface area contributed by atoms with Gasteiger partial charge in [-0.05, 0) is 85.9 Å². The molecule has 0 radical (unpaired) electrons. The Morgan fingerprint density at radius 2 is 1.74 bits per heavy atom. The van der Waals surface area contributed by atoms with Crippen molar-refractivity contribution in [2.45, 2.75) is 50.7 Å². The molecule has 0 bridgehead atoms. The molecule has 11 heteroatoms. The van der Waals surface area contributed by atoms with Crippen LogP contribution < -0.4 is 0 Å². The van der Waals surface area contributed by atoms with Crippen LogP contribution in [-0.2, 0) is 14.8 Å². The molecule has 1 saturated heterocycles. The molecule has 2 aromatic carbocycles. The Bertz CT molecular complexity index is 1760. The Morgan fingerprint density at radius 1 is 1.07 bits per heavy atom. The Kier molecular flexibility index (Phi) is 7.93. The molecule has 2 amide bonds. The Balaban J connectivity index is 1.39. The van der Waals surface area contributed by atoms with Gasteiger partial charge in [0.1, 0.15) is 5.60 Å². The second kappa shape index (κ2) is 11.2. The van der Waals surface area contributed by atoms with Crippen LogP contribution in [0.25, 0.3) is 22.2 Å². The van der Waals surface area contributed by atoms with Crippen molar-refractivity contribution in [3.05, 3.63) is 82.6 Å². The number of amides is 2. The highest BCUT2D eigenvalue weighted by molar-refractivity contribution is 9.10. The highest BCUT2D eigenvalue weighted by atomic mass is 79.9. The zero-order chi connectivity index (χ0) is 30.4. The van der Waals surface area contributed by atoms with Crippen molar-refractivity contribution in [1.82, 2.24) is 18.8 Å². The molecule has 0 spiro atoms. The number of rotatable bonds is 5. The molecule has 4 aromatic rings. The zero-order valence-corrected chi connectivity index (χ0v) is 26.6. The standard InChI is InChI=1S/C31H33BrN4O5S/c1-20-6-12-25(13-7-20)42(39,40)36-19-27(26-16-23(32)17-33-28(26)36)21-8-10-22(11-9-21)29(37)35-15-14-24(18-35)34(5)30(38)41-31(2,3)4/h6-13,16-17,19,24H,14-15,18H2,1-5H3/t24-/m1/s1. The minimum atomic E-state index is -3.90. The smallest absolute Gasteiger partial charge is 0.410 e. The number of aryl methyl sites for hydroxylation is 1. The van der Waals surface area contributed by atoms with Crippen molar-refractivity contribution < 1.29 is 22.7 Å². The molecule has 0 unspecified atom stereocenters. The quantitative estimate of drug-likeness (QED) is 0.258. The number of carbonyl (C=O) groups excluding carboxylic acids is 2. The molecule has 0 N–H and O–H groups in total. The average molecular weight is 654 g/mol. The van der Waals surface area contributed by atoms with E-state index in [0.29, 0.717) is 46.1 Å². The van der Waals surface area contributed by atoms with E-state index >= 15 is 0 Å². The lowest BCUT2D eigenvalue weighted by molar-refractivity contribution is 0.0226. The van der Waals surface area contributed by atoms with Crippen LogP contribution in [0.15, 0.2) is 76.4 Å². The van der Waals surface area contributed by atoms with Gasteiger partial charge in [-0.15, -0.1) is 0 Å². The van der Waals surface area contributed by atoms with Crippen molar-refractivity contribution in [3.63, 3.8) is 0 Å². The normalized spacial score (nSPS) is 15.7. The summed E-state index contributed by atoms with van der Waals surface area (Å²) in [4.78, 5) is 33.7. The van der Waals surface area contributed by atoms with Crippen molar-refractivity contribution in [2.75, 3.05) is 20.1 Å². The van der Waals surface area contributed by atoms with Crippen molar-refractivity contribution in [3.8, 4) is 11.1 Å². The summed E-state index contributed by atoms with van der Waals surface area (Å²) in [6.45, 7) is 8.31. The predicted octanol–water partition coefficient (Wildman–Crippen LogP) is 6.09. The molecule has 1 aliphatic heterocycles. The monoisotopic (exact) mass is 652 g/mol. The fourth-order valence-electron chi connectivity index (χ4n) is 4.99. The number of benzene rings is 2. The number of carbonyl (C=O) groups is 2. The van der Waals surface area contributed by atoms with E-state index in [1.54, 1.807) is 65.6 Å². The number of likely N-dealkylation sites (tertiary alicyclic amines) is 1. The summed E-state index contributed by atoms with van der Waals surface area (Å²) in [6.07, 6.45) is 3.40. The number of hydrogen-bond donors (Lipinski definition) is 0. The lowest BCUT2D eigenvalue weighted by atomic mass is 10.0. The van der Waals surface area contributed by atoms with Gasteiger partial charge in [0.25, 0.3) is 15.9 Å². The van der Waals surface area contributed by atoms with Crippen LogP contribution in [0.4, 0.5) is 4.79 Å². The lowest BCUT2D eigenvalue weighted by Crippen LogP contribution is -2.42. The summed E-state index contributed by atoms with van der Waals surface area (Å²) >= 11 is 3.45. The summed E-state index contributed by atoms with van der Waals surface area (Å²) in [6, 6.07) is 15.5. The van der Waals surface area contributed by atoms with Crippen molar-refractivity contribution in [1.29, 1.82) is 0 Å². The largest absolute Gasteiger partial charge is 0.444 e. The van der Waals surface area contributed by atoms with Gasteiger partial charge in [0, 0.05) is 53.5 Å². The van der Waals surface area contributed by atoms with Gasteiger partial charge in [0.2, 0.25) is 0 Å². The number of halogens is 1. The van der Waals surface area contributed by atoms with Gasteiger partial charge in [-0.3, -0.25) is 4.79 Å². The van der Waals surface area contributed by atoms with E-state index in [2.05, 4.69) is 20.9 Å². The Morgan fingerprint density at radius 3 is 2.38 bits per heavy atom. The summed E-state index contributed by atoms with van der Waals surface area (Å²) in [5, 5.41) is 0.659. The third-order valence-electron chi connectivity index (χ3n) is 7.28. The first kappa shape index (κ1) is 29.8. The Labute approximate surface area is 254 Å². The number of pyridine rings is 1. The summed E-state index contributed by atoms with van der Waals surface area (Å²) in [7, 11) is -2.20.